The first-order valence-corrected chi connectivity index (χ1v) is 9.42. The van der Waals surface area contributed by atoms with Gasteiger partial charge in [-0.3, -0.25) is 10.00 Å². The average molecular weight is 409 g/mol. The summed E-state index contributed by atoms with van der Waals surface area (Å²) >= 11 is 6.10. The molecular weight excluding hydrogens is 391 g/mol. The van der Waals surface area contributed by atoms with Crippen molar-refractivity contribution in [2.24, 2.45) is 0 Å². The monoisotopic (exact) mass is 408 g/mol. The highest BCUT2D eigenvalue weighted by molar-refractivity contribution is 6.31. The third kappa shape index (κ3) is 4.07. The third-order valence-electron chi connectivity index (χ3n) is 4.63. The van der Waals surface area contributed by atoms with Crippen LogP contribution in [0.4, 0.5) is 20.7 Å². The van der Waals surface area contributed by atoms with Crippen LogP contribution in [0.5, 0.6) is 0 Å². The van der Waals surface area contributed by atoms with Crippen LogP contribution in [-0.4, -0.2) is 15.8 Å². The van der Waals surface area contributed by atoms with Crippen molar-refractivity contribution < 1.29 is 9.18 Å². The molecular formula is C22H18ClFN4O. The van der Waals surface area contributed by atoms with Gasteiger partial charge in [0, 0.05) is 27.7 Å². The van der Waals surface area contributed by atoms with Gasteiger partial charge in [0.1, 0.15) is 5.82 Å². The lowest BCUT2D eigenvalue weighted by molar-refractivity contribution is 0.262. The molecule has 0 radical (unpaired) electrons. The molecule has 4 aromatic rings. The molecule has 4 rings (SSSR count). The number of carbonyl (C=O) groups is 1. The Hall–Kier alpha value is -3.38. The highest BCUT2D eigenvalue weighted by Crippen LogP contribution is 2.24. The first-order chi connectivity index (χ1) is 14.0. The number of benzene rings is 3. The molecule has 0 bridgehead atoms. The fourth-order valence-electron chi connectivity index (χ4n) is 3.17. The van der Waals surface area contributed by atoms with Crippen LogP contribution in [-0.2, 0) is 6.54 Å². The number of amides is 2. The van der Waals surface area contributed by atoms with Gasteiger partial charge in [0.05, 0.1) is 12.2 Å². The zero-order chi connectivity index (χ0) is 20.4. The van der Waals surface area contributed by atoms with Gasteiger partial charge in [-0.1, -0.05) is 54.1 Å². The molecule has 0 unspecified atom stereocenters. The quantitative estimate of drug-likeness (QED) is 0.446. The van der Waals surface area contributed by atoms with Gasteiger partial charge in [-0.25, -0.2) is 9.18 Å². The molecule has 1 aromatic heterocycles. The number of aryl methyl sites for hydroxylation is 1. The van der Waals surface area contributed by atoms with Crippen molar-refractivity contribution in [2.75, 3.05) is 10.6 Å². The number of rotatable bonds is 4. The summed E-state index contributed by atoms with van der Waals surface area (Å²) in [4.78, 5) is 12.5. The highest BCUT2D eigenvalue weighted by Gasteiger charge is 2.13. The standard InChI is InChI=1S/C22H18ClFN4O/c1-14-12-21(27-28(14)13-17-18(23)9-5-10-19(17)24)26-22(29)25-20-11-4-7-15-6-2-3-8-16(15)20/h2-12H,13H2,1H3,(H2,25,26,27,29). The zero-order valence-electron chi connectivity index (χ0n) is 15.6. The second kappa shape index (κ2) is 7.93. The second-order valence-corrected chi connectivity index (χ2v) is 7.04. The first-order valence-electron chi connectivity index (χ1n) is 9.04. The third-order valence-corrected chi connectivity index (χ3v) is 4.98. The van der Waals surface area contributed by atoms with Gasteiger partial charge in [0.25, 0.3) is 0 Å². The van der Waals surface area contributed by atoms with Crippen LogP contribution in [0, 0.1) is 12.7 Å². The predicted molar refractivity (Wildman–Crippen MR) is 114 cm³/mol. The molecule has 146 valence electrons. The van der Waals surface area contributed by atoms with Gasteiger partial charge in [-0.15, -0.1) is 0 Å². The Labute approximate surface area is 172 Å². The number of halogens is 2. The smallest absolute Gasteiger partial charge is 0.307 e. The number of fused-ring (bicyclic) bond motifs is 1. The van der Waals surface area contributed by atoms with E-state index in [2.05, 4.69) is 15.7 Å². The van der Waals surface area contributed by atoms with E-state index in [1.807, 2.05) is 49.4 Å². The predicted octanol–water partition coefficient (Wildman–Crippen LogP) is 5.83. The maximum absolute atomic E-state index is 14.0. The molecule has 0 aliphatic heterocycles. The minimum Gasteiger partial charge on any atom is -0.307 e. The summed E-state index contributed by atoms with van der Waals surface area (Å²) in [5, 5.41) is 12.2. The lowest BCUT2D eigenvalue weighted by Gasteiger charge is -2.09. The van der Waals surface area contributed by atoms with Crippen molar-refractivity contribution in [3.05, 3.63) is 88.8 Å². The van der Waals surface area contributed by atoms with Crippen LogP contribution in [0.15, 0.2) is 66.7 Å². The van der Waals surface area contributed by atoms with Crippen molar-refractivity contribution in [1.82, 2.24) is 9.78 Å². The summed E-state index contributed by atoms with van der Waals surface area (Å²) in [5.41, 5.74) is 1.83. The van der Waals surface area contributed by atoms with Crippen LogP contribution in [0.3, 0.4) is 0 Å². The van der Waals surface area contributed by atoms with E-state index in [4.69, 9.17) is 11.6 Å². The van der Waals surface area contributed by atoms with Crippen LogP contribution in [0.2, 0.25) is 5.02 Å². The summed E-state index contributed by atoms with van der Waals surface area (Å²) in [7, 11) is 0. The first kappa shape index (κ1) is 19.0. The molecule has 7 heteroatoms. The summed E-state index contributed by atoms with van der Waals surface area (Å²) in [6.07, 6.45) is 0. The van der Waals surface area contributed by atoms with Gasteiger partial charge in [-0.2, -0.15) is 5.10 Å². The highest BCUT2D eigenvalue weighted by atomic mass is 35.5. The molecule has 0 saturated carbocycles. The molecule has 0 atom stereocenters. The van der Waals surface area contributed by atoms with Crippen molar-refractivity contribution in [3.8, 4) is 0 Å². The number of nitrogens with one attached hydrogen (secondary N) is 2. The molecule has 0 aliphatic rings. The van der Waals surface area contributed by atoms with E-state index in [9.17, 15) is 9.18 Å². The van der Waals surface area contributed by atoms with E-state index in [0.717, 1.165) is 16.5 Å². The number of urea groups is 1. The van der Waals surface area contributed by atoms with Crippen LogP contribution in [0.1, 0.15) is 11.3 Å². The van der Waals surface area contributed by atoms with Gasteiger partial charge in [-0.05, 0) is 30.5 Å². The molecule has 29 heavy (non-hydrogen) atoms. The number of hydrogen-bond donors (Lipinski definition) is 2. The Kier molecular flexibility index (Phi) is 5.18. The van der Waals surface area contributed by atoms with E-state index in [0.29, 0.717) is 22.1 Å². The summed E-state index contributed by atoms with van der Waals surface area (Å²) in [6.45, 7) is 2.00. The molecule has 0 spiro atoms. The molecule has 2 amide bonds. The number of carbonyl (C=O) groups excluding carboxylic acids is 1. The van der Waals surface area contributed by atoms with Gasteiger partial charge in [0.15, 0.2) is 5.82 Å². The van der Waals surface area contributed by atoms with Crippen LogP contribution in [0.25, 0.3) is 10.8 Å². The molecule has 3 aromatic carbocycles. The minimum atomic E-state index is -0.407. The van der Waals surface area contributed by atoms with E-state index in [1.54, 1.807) is 22.9 Å². The zero-order valence-corrected chi connectivity index (χ0v) is 16.4. The second-order valence-electron chi connectivity index (χ2n) is 6.63. The summed E-state index contributed by atoms with van der Waals surface area (Å²) < 4.78 is 15.6. The SMILES string of the molecule is Cc1cc(NC(=O)Nc2cccc3ccccc23)nn1Cc1c(F)cccc1Cl. The average Bonchev–Trinajstić information content (AvgIpc) is 3.04. The number of hydrogen-bond acceptors (Lipinski definition) is 2. The Morgan fingerprint density at radius 2 is 1.83 bits per heavy atom. The normalized spacial score (nSPS) is 10.9. The Balaban J connectivity index is 1.50. The maximum atomic E-state index is 14.0. The summed E-state index contributed by atoms with van der Waals surface area (Å²) in [5.74, 6) is -0.0247. The Bertz CT molecular complexity index is 1180. The van der Waals surface area contributed by atoms with Gasteiger partial charge >= 0.3 is 6.03 Å². The Morgan fingerprint density at radius 3 is 2.66 bits per heavy atom. The van der Waals surface area contributed by atoms with Crippen LogP contribution < -0.4 is 10.6 Å². The van der Waals surface area contributed by atoms with Crippen molar-refractivity contribution in [3.63, 3.8) is 0 Å². The molecule has 1 heterocycles. The van der Waals surface area contributed by atoms with Crippen molar-refractivity contribution in [1.29, 1.82) is 0 Å². The van der Waals surface area contributed by atoms with E-state index >= 15 is 0 Å². The maximum Gasteiger partial charge on any atom is 0.324 e. The molecule has 0 saturated heterocycles. The van der Waals surface area contributed by atoms with Gasteiger partial charge in [0.2, 0.25) is 0 Å². The van der Waals surface area contributed by atoms with E-state index < -0.39 is 11.8 Å². The molecule has 5 nitrogen and oxygen atoms in total. The minimum absolute atomic E-state index is 0.171. The van der Waals surface area contributed by atoms with E-state index in [-0.39, 0.29) is 6.54 Å². The Morgan fingerprint density at radius 1 is 1.07 bits per heavy atom. The lowest BCUT2D eigenvalue weighted by atomic mass is 10.1. The van der Waals surface area contributed by atoms with Crippen molar-refractivity contribution >= 4 is 39.9 Å². The molecule has 0 aliphatic carbocycles. The number of aromatic nitrogens is 2. The van der Waals surface area contributed by atoms with Gasteiger partial charge < -0.3 is 5.32 Å². The van der Waals surface area contributed by atoms with Crippen LogP contribution >= 0.6 is 11.6 Å². The largest absolute Gasteiger partial charge is 0.324 e. The fraction of sp³-hybridized carbons (Fsp3) is 0.0909. The topological polar surface area (TPSA) is 59.0 Å². The molecule has 2 N–H and O–H groups in total. The lowest BCUT2D eigenvalue weighted by Crippen LogP contribution is -2.20. The fourth-order valence-corrected chi connectivity index (χ4v) is 3.39. The van der Waals surface area contributed by atoms with E-state index in [1.165, 1.54) is 6.07 Å². The molecule has 0 fully saturated rings. The van der Waals surface area contributed by atoms with Crippen molar-refractivity contribution in [2.45, 2.75) is 13.5 Å². The summed E-state index contributed by atoms with van der Waals surface area (Å²) in [6, 6.07) is 19.4. The number of nitrogens with zero attached hydrogens (tertiary/aromatic N) is 2. The number of anilines is 2.